The van der Waals surface area contributed by atoms with E-state index in [9.17, 15) is 4.57 Å². The fourth-order valence-electron chi connectivity index (χ4n) is 3.50. The van der Waals surface area contributed by atoms with E-state index >= 15 is 0 Å². The van der Waals surface area contributed by atoms with Gasteiger partial charge in [-0.1, -0.05) is 66.7 Å². The van der Waals surface area contributed by atoms with Crippen LogP contribution in [-0.2, 0) is 9.09 Å². The Morgan fingerprint density at radius 1 is 0.808 bits per heavy atom. The molecule has 3 aromatic carbocycles. The second kappa shape index (κ2) is 6.85. The van der Waals surface area contributed by atoms with Crippen molar-refractivity contribution in [3.05, 3.63) is 90.0 Å². The Labute approximate surface area is 154 Å². The third kappa shape index (κ3) is 3.03. The molecule has 1 aliphatic carbocycles. The lowest BCUT2D eigenvalue weighted by Crippen LogP contribution is -2.28. The van der Waals surface area contributed by atoms with Crippen LogP contribution in [0.2, 0.25) is 0 Å². The van der Waals surface area contributed by atoms with E-state index < -0.39 is 7.52 Å². The molecule has 1 atom stereocenters. The molecule has 1 N–H and O–H groups in total. The summed E-state index contributed by atoms with van der Waals surface area (Å²) in [5.41, 5.74) is 4.43. The highest BCUT2D eigenvalue weighted by Crippen LogP contribution is 2.54. The number of nitrogens with one attached hydrogen (secondary N) is 1. The van der Waals surface area contributed by atoms with Gasteiger partial charge in [0.05, 0.1) is 5.30 Å². The fraction of sp³-hybridized carbons (Fsp3) is 0.182. The lowest BCUT2D eigenvalue weighted by Gasteiger charge is -2.26. The molecule has 0 saturated carbocycles. The first kappa shape index (κ1) is 17.2. The molecule has 4 heteroatoms. The van der Waals surface area contributed by atoms with E-state index in [2.05, 4.69) is 29.4 Å². The number of hydrogen-bond donors (Lipinski definition) is 1. The second-order valence-corrected chi connectivity index (χ2v) is 8.92. The Morgan fingerprint density at radius 3 is 1.85 bits per heavy atom. The summed E-state index contributed by atoms with van der Waals surface area (Å²) in [5.74, 6) is 0. The van der Waals surface area contributed by atoms with Crippen LogP contribution >= 0.6 is 7.52 Å². The average Bonchev–Trinajstić information content (AvgIpc) is 2.96. The van der Waals surface area contributed by atoms with E-state index in [0.29, 0.717) is 5.30 Å². The van der Waals surface area contributed by atoms with Crippen molar-refractivity contribution in [1.82, 2.24) is 5.09 Å². The predicted octanol–water partition coefficient (Wildman–Crippen LogP) is 5.29. The molecule has 3 aromatic rings. The Hall–Kier alpha value is -2.19. The number of benzene rings is 3. The maximum absolute atomic E-state index is 13.9. The zero-order valence-corrected chi connectivity index (χ0v) is 15.8. The van der Waals surface area contributed by atoms with E-state index in [-0.39, 0.29) is 12.1 Å². The molecule has 3 nitrogen and oxygen atoms in total. The summed E-state index contributed by atoms with van der Waals surface area (Å²) in [4.78, 5) is 0. The quantitative estimate of drug-likeness (QED) is 0.626. The van der Waals surface area contributed by atoms with Crippen LogP contribution in [0.5, 0.6) is 0 Å². The van der Waals surface area contributed by atoms with Crippen LogP contribution in [0, 0.1) is 0 Å². The first-order valence-corrected chi connectivity index (χ1v) is 10.5. The molecule has 0 bridgehead atoms. The minimum Gasteiger partial charge on any atom is -0.301 e. The zero-order valence-electron chi connectivity index (χ0n) is 14.9. The van der Waals surface area contributed by atoms with Gasteiger partial charge in [-0.15, -0.1) is 0 Å². The highest BCUT2D eigenvalue weighted by Gasteiger charge is 2.36. The molecule has 0 amide bonds. The lowest BCUT2D eigenvalue weighted by atomic mass is 10.1. The average molecular weight is 363 g/mol. The molecule has 26 heavy (non-hydrogen) atoms. The SMILES string of the molecule is CC(C)N[P@@](=O)(OC1c2ccccc2-c2ccccc21)c1ccccc1. The van der Waals surface area contributed by atoms with E-state index in [4.69, 9.17) is 4.52 Å². The Balaban J connectivity index is 1.80. The standard InChI is InChI=1S/C22H22NO2P/c1-16(2)23-26(24,17-10-4-3-5-11-17)25-22-20-14-8-6-12-18(20)19-13-7-9-15-21(19)22/h3-16,22H,1-2H3,(H,23,24)/t26-/m0/s1. The molecule has 0 unspecified atom stereocenters. The van der Waals surface area contributed by atoms with Gasteiger partial charge >= 0.3 is 7.52 Å². The summed E-state index contributed by atoms with van der Waals surface area (Å²) in [7, 11) is -3.24. The summed E-state index contributed by atoms with van der Waals surface area (Å²) in [6.07, 6.45) is -0.348. The van der Waals surface area contributed by atoms with E-state index in [1.807, 2.05) is 68.4 Å². The Bertz CT molecular complexity index is 923. The molecule has 0 heterocycles. The number of hydrogen-bond acceptors (Lipinski definition) is 2. The largest absolute Gasteiger partial charge is 0.301 e. The minimum atomic E-state index is -3.24. The minimum absolute atomic E-state index is 0.0351. The molecule has 0 aromatic heterocycles. The highest BCUT2D eigenvalue weighted by molar-refractivity contribution is 7.65. The first-order chi connectivity index (χ1) is 12.6. The van der Waals surface area contributed by atoms with Crippen molar-refractivity contribution >= 4 is 12.8 Å². The Kier molecular flexibility index (Phi) is 4.54. The van der Waals surface area contributed by atoms with Crippen molar-refractivity contribution in [2.75, 3.05) is 0 Å². The summed E-state index contributed by atoms with van der Waals surface area (Å²) in [5, 5.41) is 3.88. The van der Waals surface area contributed by atoms with Crippen molar-refractivity contribution < 1.29 is 9.09 Å². The molecular formula is C22H22NO2P. The van der Waals surface area contributed by atoms with E-state index in [1.165, 1.54) is 0 Å². The van der Waals surface area contributed by atoms with Gasteiger partial charge in [0, 0.05) is 6.04 Å². The monoisotopic (exact) mass is 363 g/mol. The van der Waals surface area contributed by atoms with Gasteiger partial charge in [-0.05, 0) is 48.2 Å². The maximum Gasteiger partial charge on any atom is 0.300 e. The highest BCUT2D eigenvalue weighted by atomic mass is 31.2. The topological polar surface area (TPSA) is 38.3 Å². The van der Waals surface area contributed by atoms with E-state index in [0.717, 1.165) is 22.3 Å². The Morgan fingerprint density at radius 2 is 1.31 bits per heavy atom. The van der Waals surface area contributed by atoms with Gasteiger partial charge in [-0.3, -0.25) is 4.57 Å². The normalized spacial score (nSPS) is 15.5. The second-order valence-electron chi connectivity index (χ2n) is 6.83. The van der Waals surface area contributed by atoms with Crippen molar-refractivity contribution in [1.29, 1.82) is 0 Å². The van der Waals surface area contributed by atoms with Crippen LogP contribution in [0.15, 0.2) is 78.9 Å². The molecule has 1 aliphatic rings. The summed E-state index contributed by atoms with van der Waals surface area (Å²) in [6.45, 7) is 3.96. The van der Waals surface area contributed by atoms with E-state index in [1.54, 1.807) is 0 Å². The molecule has 0 radical (unpaired) electrons. The summed E-state index contributed by atoms with van der Waals surface area (Å²) < 4.78 is 20.3. The maximum atomic E-state index is 13.9. The van der Waals surface area contributed by atoms with Crippen LogP contribution in [0.4, 0.5) is 0 Å². The van der Waals surface area contributed by atoms with Crippen LogP contribution in [0.3, 0.4) is 0 Å². The molecule has 0 saturated heterocycles. The van der Waals surface area contributed by atoms with Gasteiger partial charge in [-0.2, -0.15) is 0 Å². The lowest BCUT2D eigenvalue weighted by molar-refractivity contribution is 0.251. The van der Waals surface area contributed by atoms with Crippen molar-refractivity contribution in [3.8, 4) is 11.1 Å². The summed E-state index contributed by atoms with van der Waals surface area (Å²) in [6, 6.07) is 25.9. The van der Waals surface area contributed by atoms with Crippen LogP contribution in [-0.4, -0.2) is 6.04 Å². The number of rotatable bonds is 5. The summed E-state index contributed by atoms with van der Waals surface area (Å²) >= 11 is 0. The van der Waals surface area contributed by atoms with Crippen molar-refractivity contribution in [3.63, 3.8) is 0 Å². The molecule has 132 valence electrons. The van der Waals surface area contributed by atoms with Crippen molar-refractivity contribution in [2.24, 2.45) is 0 Å². The smallest absolute Gasteiger partial charge is 0.300 e. The van der Waals surface area contributed by atoms with Gasteiger partial charge in [0.1, 0.15) is 6.10 Å². The molecule has 0 aliphatic heterocycles. The van der Waals surface area contributed by atoms with Gasteiger partial charge in [0.15, 0.2) is 0 Å². The third-order valence-electron chi connectivity index (χ3n) is 4.55. The van der Waals surface area contributed by atoms with Gasteiger partial charge in [0.2, 0.25) is 0 Å². The van der Waals surface area contributed by atoms with Gasteiger partial charge in [-0.25, -0.2) is 5.09 Å². The first-order valence-electron chi connectivity index (χ1n) is 8.88. The fourth-order valence-corrected chi connectivity index (χ4v) is 5.60. The molecule has 0 fully saturated rings. The third-order valence-corrected chi connectivity index (χ3v) is 6.90. The van der Waals surface area contributed by atoms with Crippen LogP contribution in [0.1, 0.15) is 31.1 Å². The van der Waals surface area contributed by atoms with Crippen molar-refractivity contribution in [2.45, 2.75) is 26.0 Å². The molecular weight excluding hydrogens is 341 g/mol. The van der Waals surface area contributed by atoms with Gasteiger partial charge in [0.25, 0.3) is 0 Å². The molecule has 0 spiro atoms. The van der Waals surface area contributed by atoms with Crippen LogP contribution < -0.4 is 10.4 Å². The van der Waals surface area contributed by atoms with Crippen LogP contribution in [0.25, 0.3) is 11.1 Å². The van der Waals surface area contributed by atoms with Gasteiger partial charge < -0.3 is 4.52 Å². The predicted molar refractivity (Wildman–Crippen MR) is 107 cm³/mol. The number of fused-ring (bicyclic) bond motifs is 3. The zero-order chi connectivity index (χ0) is 18.1. The molecule has 4 rings (SSSR count).